The Labute approximate surface area is 145 Å². The van der Waals surface area contributed by atoms with Crippen molar-refractivity contribution in [2.45, 2.75) is 47.5 Å². The van der Waals surface area contributed by atoms with E-state index in [1.54, 1.807) is 0 Å². The number of likely N-dealkylation sites (N-methyl/N-ethyl adjacent to an activating group) is 1. The fourth-order valence-electron chi connectivity index (χ4n) is 0.924. The Hall–Kier alpha value is -2.12. The third-order valence-corrected chi connectivity index (χ3v) is 2.12. The van der Waals surface area contributed by atoms with E-state index in [4.69, 9.17) is 0 Å². The molecule has 0 saturated carbocycles. The summed E-state index contributed by atoms with van der Waals surface area (Å²) in [5.74, 6) is -0.808. The molecule has 0 fully saturated rings. The molecule has 0 aromatic rings. The first-order chi connectivity index (χ1) is 10.9. The van der Waals surface area contributed by atoms with Crippen LogP contribution in [-0.4, -0.2) is 50.3 Å². The number of carbonyl (C=O) groups excluding carboxylic acids is 4. The smallest absolute Gasteiger partial charge is 0.239 e. The molecule has 0 aliphatic rings. The summed E-state index contributed by atoms with van der Waals surface area (Å²) in [6.07, 6.45) is 1.62. The van der Waals surface area contributed by atoms with Gasteiger partial charge in [0.15, 0.2) is 0 Å². The van der Waals surface area contributed by atoms with Gasteiger partial charge in [-0.15, -0.1) is 0 Å². The van der Waals surface area contributed by atoms with Crippen LogP contribution in [0.25, 0.3) is 0 Å². The highest BCUT2D eigenvalue weighted by atomic mass is 16.2. The lowest BCUT2D eigenvalue weighted by molar-refractivity contribution is -0.127. The number of hydrogen-bond donors (Lipinski definition) is 4. The van der Waals surface area contributed by atoms with Crippen molar-refractivity contribution in [3.63, 3.8) is 0 Å². The first-order valence-corrected chi connectivity index (χ1v) is 7.85. The van der Waals surface area contributed by atoms with Gasteiger partial charge >= 0.3 is 0 Å². The maximum atomic E-state index is 10.9. The Morgan fingerprint density at radius 1 is 0.826 bits per heavy atom. The molecule has 0 aromatic carbocycles. The summed E-state index contributed by atoms with van der Waals surface area (Å²) in [5, 5.41) is 9.71. The van der Waals surface area contributed by atoms with Crippen molar-refractivity contribution in [2.24, 2.45) is 0 Å². The van der Waals surface area contributed by atoms with Crippen LogP contribution in [0, 0.1) is 0 Å². The lowest BCUT2D eigenvalue weighted by Crippen LogP contribution is -2.40. The van der Waals surface area contributed by atoms with Crippen LogP contribution in [-0.2, 0) is 19.2 Å². The lowest BCUT2D eigenvalue weighted by atomic mass is 10.4. The van der Waals surface area contributed by atoms with Gasteiger partial charge in [0.25, 0.3) is 0 Å². The zero-order valence-corrected chi connectivity index (χ0v) is 15.2. The highest BCUT2D eigenvalue weighted by Crippen LogP contribution is 1.75. The molecule has 4 N–H and O–H groups in total. The molecule has 0 saturated heterocycles. The Kier molecular flexibility index (Phi) is 22.3. The van der Waals surface area contributed by atoms with E-state index in [1.165, 1.54) is 14.0 Å². The number of hydrogen-bond acceptors (Lipinski definition) is 4. The van der Waals surface area contributed by atoms with Crippen LogP contribution in [0.15, 0.2) is 0 Å². The molecule has 0 bridgehead atoms. The van der Waals surface area contributed by atoms with Crippen molar-refractivity contribution in [2.75, 3.05) is 26.7 Å². The van der Waals surface area contributed by atoms with Crippen molar-refractivity contribution in [3.8, 4) is 0 Å². The fourth-order valence-corrected chi connectivity index (χ4v) is 0.924. The third kappa shape index (κ3) is 25.2. The average Bonchev–Trinajstić information content (AvgIpc) is 2.57. The van der Waals surface area contributed by atoms with Gasteiger partial charge in [-0.2, -0.15) is 0 Å². The van der Waals surface area contributed by atoms with Crippen molar-refractivity contribution < 1.29 is 24.9 Å². The predicted octanol–water partition coefficient (Wildman–Crippen LogP) is 0.918. The summed E-state index contributed by atoms with van der Waals surface area (Å²) in [6, 6.07) is 0. The maximum absolute atomic E-state index is 10.9. The second-order valence-electron chi connectivity index (χ2n) is 4.06. The van der Waals surface area contributed by atoms with E-state index in [0.717, 1.165) is 13.0 Å². The predicted molar refractivity (Wildman–Crippen MR) is 99.2 cm³/mol. The molecular weight excluding hydrogens is 300 g/mol. The van der Waals surface area contributed by atoms with Gasteiger partial charge in [0.2, 0.25) is 23.6 Å². The van der Waals surface area contributed by atoms with E-state index >= 15 is 0 Å². The van der Waals surface area contributed by atoms with E-state index in [1.807, 2.05) is 27.7 Å². The molecule has 0 atom stereocenters. The molecule has 0 unspecified atom stereocenters. The highest BCUT2D eigenvalue weighted by molar-refractivity contribution is 5.87. The van der Waals surface area contributed by atoms with E-state index in [0.29, 0.717) is 6.42 Å². The number of amides is 4. The Morgan fingerprint density at radius 3 is 1.74 bits per heavy atom. The van der Waals surface area contributed by atoms with Crippen LogP contribution in [0.3, 0.4) is 0 Å². The SMILES string of the molecule is CC.CCCNC(=O)CC.CNC(=O)CNC(=O)CNC(C)=O.[HH].[HH].[HH].[HH]. The fraction of sp³-hybridized carbons (Fsp3) is 0.733. The van der Waals surface area contributed by atoms with Crippen molar-refractivity contribution in [3.05, 3.63) is 0 Å². The van der Waals surface area contributed by atoms with Crippen molar-refractivity contribution in [1.29, 1.82) is 0 Å². The minimum absolute atomic E-state index is 0. The first-order valence-electron chi connectivity index (χ1n) is 7.85. The van der Waals surface area contributed by atoms with Gasteiger partial charge in [-0.1, -0.05) is 27.7 Å². The average molecular weight is 341 g/mol. The van der Waals surface area contributed by atoms with Crippen molar-refractivity contribution >= 4 is 23.6 Å². The molecule has 0 radical (unpaired) electrons. The summed E-state index contributed by atoms with van der Waals surface area (Å²) >= 11 is 0. The van der Waals surface area contributed by atoms with E-state index in [-0.39, 0.29) is 42.4 Å². The molecule has 0 spiro atoms. The molecular formula is C15H40N4O4. The Bertz CT molecular complexity index is 363. The van der Waals surface area contributed by atoms with Crippen molar-refractivity contribution in [1.82, 2.24) is 21.3 Å². The number of rotatable bonds is 7. The van der Waals surface area contributed by atoms with Crippen LogP contribution in [0.5, 0.6) is 0 Å². The van der Waals surface area contributed by atoms with E-state index in [2.05, 4.69) is 21.3 Å². The summed E-state index contributed by atoms with van der Waals surface area (Å²) in [4.78, 5) is 42.3. The van der Waals surface area contributed by atoms with Gasteiger partial charge in [0.1, 0.15) is 0 Å². The molecule has 0 aliphatic carbocycles. The highest BCUT2D eigenvalue weighted by Gasteiger charge is 2.03. The van der Waals surface area contributed by atoms with Crippen LogP contribution in [0.2, 0.25) is 0 Å². The van der Waals surface area contributed by atoms with E-state index < -0.39 is 0 Å². The van der Waals surface area contributed by atoms with Gasteiger partial charge in [-0.25, -0.2) is 0 Å². The standard InChI is InChI=1S/C7H13N3O3.C6H13NO.C2H6.4H2/c1-5(11)9-4-7(13)10-3-6(12)8-2;1-3-5-7-6(8)4-2;1-2;;;;/h3-4H2,1-2H3,(H,8,12)(H,9,11)(H,10,13);3-5H2,1-2H3,(H,7,8);1-2H3;4*1H. The zero-order chi connectivity index (χ0) is 18.7. The minimum atomic E-state index is -0.390. The number of nitrogens with one attached hydrogen (secondary N) is 4. The molecule has 23 heavy (non-hydrogen) atoms. The monoisotopic (exact) mass is 340 g/mol. The Balaban J connectivity index is -0.0000000506. The van der Waals surface area contributed by atoms with Crippen LogP contribution in [0.1, 0.15) is 53.2 Å². The minimum Gasteiger partial charge on any atom is -0.358 e. The normalized spacial score (nSPS) is 8.26. The maximum Gasteiger partial charge on any atom is 0.239 e. The number of carbonyl (C=O) groups is 4. The van der Waals surface area contributed by atoms with Gasteiger partial charge in [-0.3, -0.25) is 19.2 Å². The van der Waals surface area contributed by atoms with Gasteiger partial charge in [-0.05, 0) is 6.42 Å². The molecule has 8 nitrogen and oxygen atoms in total. The summed E-state index contributed by atoms with van der Waals surface area (Å²) in [6.45, 7) is 9.83. The molecule has 8 heteroatoms. The summed E-state index contributed by atoms with van der Waals surface area (Å²) in [5.41, 5.74) is 0. The second kappa shape index (κ2) is 19.9. The molecule has 0 heterocycles. The topological polar surface area (TPSA) is 116 Å². The Morgan fingerprint density at radius 2 is 1.35 bits per heavy atom. The van der Waals surface area contributed by atoms with E-state index in [9.17, 15) is 19.2 Å². The lowest BCUT2D eigenvalue weighted by Gasteiger charge is -2.03. The quantitative estimate of drug-likeness (QED) is 0.551. The second-order valence-corrected chi connectivity index (χ2v) is 4.06. The van der Waals surface area contributed by atoms with Gasteiger partial charge < -0.3 is 21.3 Å². The van der Waals surface area contributed by atoms with Gasteiger partial charge in [0, 0.05) is 32.6 Å². The van der Waals surface area contributed by atoms with Gasteiger partial charge in [0.05, 0.1) is 13.1 Å². The largest absolute Gasteiger partial charge is 0.358 e. The molecule has 0 aromatic heterocycles. The molecule has 4 amide bonds. The molecule has 0 rings (SSSR count). The zero-order valence-electron chi connectivity index (χ0n) is 15.2. The first kappa shape index (κ1) is 25.8. The molecule has 144 valence electrons. The third-order valence-electron chi connectivity index (χ3n) is 2.12. The summed E-state index contributed by atoms with van der Waals surface area (Å²) < 4.78 is 0. The molecule has 0 aliphatic heterocycles. The van der Waals surface area contributed by atoms with Crippen LogP contribution < -0.4 is 21.3 Å². The summed E-state index contributed by atoms with van der Waals surface area (Å²) in [7, 11) is 1.47. The van der Waals surface area contributed by atoms with Crippen LogP contribution in [0.4, 0.5) is 0 Å². The van der Waals surface area contributed by atoms with Crippen LogP contribution >= 0.6 is 0 Å².